The smallest absolute Gasteiger partial charge is 0.316 e. The minimum absolute atomic E-state index is 0.177. The molecule has 3 rings (SSSR count). The summed E-state index contributed by atoms with van der Waals surface area (Å²) in [6, 6.07) is 13.0. The summed E-state index contributed by atoms with van der Waals surface area (Å²) in [5.41, 5.74) is 1.75. The molecule has 0 saturated carbocycles. The number of para-hydroxylation sites is 1. The highest BCUT2D eigenvalue weighted by atomic mass is 35.5. The van der Waals surface area contributed by atoms with Gasteiger partial charge in [0.2, 0.25) is 0 Å². The van der Waals surface area contributed by atoms with E-state index in [4.69, 9.17) is 27.9 Å². The van der Waals surface area contributed by atoms with E-state index in [9.17, 15) is 4.79 Å². The normalized spacial score (nSPS) is 10.9. The highest BCUT2D eigenvalue weighted by molar-refractivity contribution is 8.01. The van der Waals surface area contributed by atoms with Gasteiger partial charge in [0, 0.05) is 0 Å². The van der Waals surface area contributed by atoms with Crippen molar-refractivity contribution < 1.29 is 9.53 Å². The van der Waals surface area contributed by atoms with Crippen LogP contribution in [0.15, 0.2) is 46.8 Å². The minimum Gasteiger partial charge on any atom is -0.460 e. The van der Waals surface area contributed by atoms with Crippen molar-refractivity contribution in [2.24, 2.45) is 0 Å². The predicted octanol–water partition coefficient (Wildman–Crippen LogP) is 5.44. The summed E-state index contributed by atoms with van der Waals surface area (Å²) in [5.74, 6) is -0.0680. The molecule has 3 nitrogen and oxygen atoms in total. The largest absolute Gasteiger partial charge is 0.460 e. The molecule has 3 aromatic rings. The first-order valence-electron chi connectivity index (χ1n) is 6.70. The van der Waals surface area contributed by atoms with E-state index in [0.717, 1.165) is 20.1 Å². The Morgan fingerprint density at radius 2 is 2.00 bits per heavy atom. The van der Waals surface area contributed by atoms with Crippen LogP contribution in [0.2, 0.25) is 10.0 Å². The van der Waals surface area contributed by atoms with E-state index in [-0.39, 0.29) is 18.3 Å². The van der Waals surface area contributed by atoms with Gasteiger partial charge in [0.1, 0.15) is 6.61 Å². The fraction of sp³-hybridized carbons (Fsp3) is 0.125. The molecule has 118 valence electrons. The molecule has 0 radical (unpaired) electrons. The van der Waals surface area contributed by atoms with E-state index in [1.165, 1.54) is 11.8 Å². The second kappa shape index (κ2) is 7.53. The number of esters is 1. The summed E-state index contributed by atoms with van der Waals surface area (Å²) >= 11 is 14.7. The monoisotopic (exact) mass is 383 g/mol. The van der Waals surface area contributed by atoms with Crippen molar-refractivity contribution >= 4 is 62.5 Å². The topological polar surface area (TPSA) is 39.2 Å². The number of thiazole rings is 1. The molecule has 1 heterocycles. The number of carbonyl (C=O) groups excluding carboxylic acids is 1. The highest BCUT2D eigenvalue weighted by Gasteiger charge is 2.09. The number of hydrogen-bond donors (Lipinski definition) is 0. The third kappa shape index (κ3) is 4.38. The van der Waals surface area contributed by atoms with E-state index in [0.29, 0.717) is 10.0 Å². The quantitative estimate of drug-likeness (QED) is 0.434. The molecule has 0 amide bonds. The lowest BCUT2D eigenvalue weighted by molar-refractivity contribution is -0.141. The molecular formula is C16H11Cl2NO2S2. The van der Waals surface area contributed by atoms with Gasteiger partial charge >= 0.3 is 5.97 Å². The van der Waals surface area contributed by atoms with E-state index in [1.54, 1.807) is 29.5 Å². The van der Waals surface area contributed by atoms with Crippen molar-refractivity contribution in [1.82, 2.24) is 4.98 Å². The fourth-order valence-electron chi connectivity index (χ4n) is 1.87. The number of halogens is 2. The molecule has 1 aromatic heterocycles. The lowest BCUT2D eigenvalue weighted by atomic mass is 10.2. The molecule has 0 bridgehead atoms. The Hall–Kier alpha value is -1.27. The predicted molar refractivity (Wildman–Crippen MR) is 96.6 cm³/mol. The Balaban J connectivity index is 1.52. The van der Waals surface area contributed by atoms with Crippen LogP contribution in [-0.4, -0.2) is 16.7 Å². The molecule has 23 heavy (non-hydrogen) atoms. The Morgan fingerprint density at radius 3 is 2.78 bits per heavy atom. The van der Waals surface area contributed by atoms with Gasteiger partial charge in [0.25, 0.3) is 0 Å². The van der Waals surface area contributed by atoms with Crippen molar-refractivity contribution in [3.05, 3.63) is 58.1 Å². The van der Waals surface area contributed by atoms with Crippen LogP contribution < -0.4 is 0 Å². The maximum absolute atomic E-state index is 11.8. The molecule has 0 spiro atoms. The van der Waals surface area contributed by atoms with Crippen LogP contribution in [0.4, 0.5) is 0 Å². The van der Waals surface area contributed by atoms with Crippen molar-refractivity contribution in [3.63, 3.8) is 0 Å². The lowest BCUT2D eigenvalue weighted by Crippen LogP contribution is -2.07. The van der Waals surface area contributed by atoms with Gasteiger partial charge in [-0.05, 0) is 29.8 Å². The maximum Gasteiger partial charge on any atom is 0.316 e. The van der Waals surface area contributed by atoms with Crippen LogP contribution in [0.3, 0.4) is 0 Å². The number of thioether (sulfide) groups is 1. The first kappa shape index (κ1) is 16.6. The van der Waals surface area contributed by atoms with Crippen molar-refractivity contribution in [3.8, 4) is 0 Å². The number of aromatic nitrogens is 1. The van der Waals surface area contributed by atoms with E-state index >= 15 is 0 Å². The molecule has 0 saturated heterocycles. The zero-order valence-electron chi connectivity index (χ0n) is 11.8. The summed E-state index contributed by atoms with van der Waals surface area (Å²) < 4.78 is 7.20. The first-order chi connectivity index (χ1) is 11.1. The first-order valence-corrected chi connectivity index (χ1v) is 9.25. The van der Waals surface area contributed by atoms with Crippen LogP contribution >= 0.6 is 46.3 Å². The van der Waals surface area contributed by atoms with Gasteiger partial charge in [0.05, 0.1) is 26.0 Å². The van der Waals surface area contributed by atoms with Gasteiger partial charge < -0.3 is 4.74 Å². The second-order valence-electron chi connectivity index (χ2n) is 4.65. The van der Waals surface area contributed by atoms with E-state index in [1.807, 2.05) is 24.3 Å². The van der Waals surface area contributed by atoms with Crippen LogP contribution in [-0.2, 0) is 16.1 Å². The van der Waals surface area contributed by atoms with Gasteiger partial charge in [-0.2, -0.15) is 0 Å². The number of rotatable bonds is 5. The van der Waals surface area contributed by atoms with Crippen molar-refractivity contribution in [2.45, 2.75) is 10.9 Å². The Bertz CT molecular complexity index is 818. The van der Waals surface area contributed by atoms with E-state index < -0.39 is 0 Å². The second-order valence-corrected chi connectivity index (χ2v) is 7.71. The number of nitrogens with zero attached hydrogens (tertiary/aromatic N) is 1. The highest BCUT2D eigenvalue weighted by Crippen LogP contribution is 2.29. The molecule has 7 heteroatoms. The number of fused-ring (bicyclic) bond motifs is 1. The van der Waals surface area contributed by atoms with Gasteiger partial charge in [-0.25, -0.2) is 4.98 Å². The zero-order chi connectivity index (χ0) is 16.2. The average Bonchev–Trinajstić information content (AvgIpc) is 2.97. The average molecular weight is 384 g/mol. The Morgan fingerprint density at radius 1 is 1.17 bits per heavy atom. The standard InChI is InChI=1S/C16H11Cl2NO2S2/c17-11-6-5-10(7-12(11)18)8-21-15(20)9-22-16-19-13-3-1-2-4-14(13)23-16/h1-7H,8-9H2. The van der Waals surface area contributed by atoms with Crippen LogP contribution in [0.5, 0.6) is 0 Å². The maximum atomic E-state index is 11.8. The number of hydrogen-bond acceptors (Lipinski definition) is 5. The third-order valence-corrected chi connectivity index (χ3v) is 5.86. The molecule has 0 N–H and O–H groups in total. The molecule has 0 atom stereocenters. The summed E-state index contributed by atoms with van der Waals surface area (Å²) in [4.78, 5) is 16.3. The summed E-state index contributed by atoms with van der Waals surface area (Å²) in [7, 11) is 0. The number of benzene rings is 2. The van der Waals surface area contributed by atoms with Gasteiger partial charge in [-0.3, -0.25) is 4.79 Å². The zero-order valence-corrected chi connectivity index (χ0v) is 14.9. The molecule has 0 aliphatic carbocycles. The minimum atomic E-state index is -0.291. The van der Waals surface area contributed by atoms with E-state index in [2.05, 4.69) is 4.98 Å². The molecule has 2 aromatic carbocycles. The van der Waals surface area contributed by atoms with Crippen LogP contribution in [0.1, 0.15) is 5.56 Å². The molecule has 0 aliphatic rings. The van der Waals surface area contributed by atoms with Crippen molar-refractivity contribution in [2.75, 3.05) is 5.75 Å². The molecule has 0 fully saturated rings. The fourth-order valence-corrected chi connectivity index (χ4v) is 4.06. The third-order valence-electron chi connectivity index (χ3n) is 2.97. The summed E-state index contributed by atoms with van der Waals surface area (Å²) in [6.45, 7) is 0.177. The Labute approximate surface area is 151 Å². The Kier molecular flexibility index (Phi) is 5.43. The molecule has 0 unspecified atom stereocenters. The lowest BCUT2D eigenvalue weighted by Gasteiger charge is -2.05. The molecular weight excluding hydrogens is 373 g/mol. The molecule has 0 aliphatic heterocycles. The SMILES string of the molecule is O=C(CSc1nc2ccccc2s1)OCc1ccc(Cl)c(Cl)c1. The van der Waals surface area contributed by atoms with Gasteiger partial charge in [0.15, 0.2) is 4.34 Å². The van der Waals surface area contributed by atoms with Crippen LogP contribution in [0, 0.1) is 0 Å². The number of ether oxygens (including phenoxy) is 1. The van der Waals surface area contributed by atoms with Crippen LogP contribution in [0.25, 0.3) is 10.2 Å². The van der Waals surface area contributed by atoms with Gasteiger partial charge in [-0.15, -0.1) is 11.3 Å². The van der Waals surface area contributed by atoms with Crippen molar-refractivity contribution in [1.29, 1.82) is 0 Å². The summed E-state index contributed by atoms with van der Waals surface area (Å²) in [5, 5.41) is 0.928. The summed E-state index contributed by atoms with van der Waals surface area (Å²) in [6.07, 6.45) is 0. The van der Waals surface area contributed by atoms with Gasteiger partial charge in [-0.1, -0.05) is 53.2 Å². The number of carbonyl (C=O) groups is 1.